The third-order valence-electron chi connectivity index (χ3n) is 3.78. The van der Waals surface area contributed by atoms with E-state index in [0.29, 0.717) is 5.56 Å². The summed E-state index contributed by atoms with van der Waals surface area (Å²) >= 11 is 11.8. The van der Waals surface area contributed by atoms with Gasteiger partial charge in [-0.05, 0) is 17.7 Å². The molecule has 0 saturated carbocycles. The minimum Gasteiger partial charge on any atom is -0.481 e. The molecule has 0 aliphatic heterocycles. The summed E-state index contributed by atoms with van der Waals surface area (Å²) in [6.45, 7) is -0.863. The number of ketones is 1. The van der Waals surface area contributed by atoms with E-state index in [2.05, 4.69) is 5.32 Å². The molecule has 0 radical (unpaired) electrons. The standard InChI is InChI=1S/C20H17Cl2NO7/c21-13-7-4-8-14(22)18(13)19(27)29-11-16(24)15(9-17(25)26)23-20(28)30-10-12-5-2-1-3-6-12/h1-8,15H,9-11H2,(H,23,28)(H,25,26)/t15-/m1/s1. The summed E-state index contributed by atoms with van der Waals surface area (Å²) in [5.41, 5.74) is 0.581. The number of aliphatic carboxylic acids is 1. The van der Waals surface area contributed by atoms with Crippen LogP contribution in [0.2, 0.25) is 10.0 Å². The molecule has 0 spiro atoms. The summed E-state index contributed by atoms with van der Waals surface area (Å²) in [5.74, 6) is -3.14. The van der Waals surface area contributed by atoms with Gasteiger partial charge in [-0.15, -0.1) is 0 Å². The Kier molecular flexibility index (Phi) is 8.64. The number of alkyl carbamates (subject to hydrolysis) is 1. The fourth-order valence-electron chi connectivity index (χ4n) is 2.33. The molecule has 0 aliphatic rings. The molecule has 2 aromatic carbocycles. The predicted octanol–water partition coefficient (Wildman–Crippen LogP) is 3.49. The highest BCUT2D eigenvalue weighted by atomic mass is 35.5. The Morgan fingerprint density at radius 1 is 0.933 bits per heavy atom. The van der Waals surface area contributed by atoms with Gasteiger partial charge in [0.15, 0.2) is 12.4 Å². The van der Waals surface area contributed by atoms with Crippen LogP contribution < -0.4 is 5.32 Å². The highest BCUT2D eigenvalue weighted by Crippen LogP contribution is 2.24. The van der Waals surface area contributed by atoms with Gasteiger partial charge in [-0.1, -0.05) is 59.6 Å². The van der Waals surface area contributed by atoms with Crippen molar-refractivity contribution in [1.29, 1.82) is 0 Å². The van der Waals surface area contributed by atoms with E-state index in [1.54, 1.807) is 30.3 Å². The number of nitrogens with one attached hydrogen (secondary N) is 1. The van der Waals surface area contributed by atoms with Gasteiger partial charge in [0.1, 0.15) is 12.6 Å². The summed E-state index contributed by atoms with van der Waals surface area (Å²) in [7, 11) is 0. The lowest BCUT2D eigenvalue weighted by molar-refractivity contribution is -0.139. The Bertz CT molecular complexity index is 914. The molecule has 0 heterocycles. The van der Waals surface area contributed by atoms with Gasteiger partial charge >= 0.3 is 18.0 Å². The Morgan fingerprint density at radius 3 is 2.17 bits per heavy atom. The number of carbonyl (C=O) groups is 4. The molecule has 1 amide bonds. The van der Waals surface area contributed by atoms with Crippen LogP contribution in [0, 0.1) is 0 Å². The van der Waals surface area contributed by atoms with Crippen LogP contribution in [0.4, 0.5) is 4.79 Å². The zero-order valence-corrected chi connectivity index (χ0v) is 17.0. The maximum Gasteiger partial charge on any atom is 0.408 e. The van der Waals surface area contributed by atoms with Crippen molar-refractivity contribution in [1.82, 2.24) is 5.32 Å². The van der Waals surface area contributed by atoms with Crippen molar-refractivity contribution >= 4 is 47.0 Å². The van der Waals surface area contributed by atoms with E-state index in [1.165, 1.54) is 18.2 Å². The SMILES string of the molecule is O=C(O)C[C@@H](NC(=O)OCc1ccccc1)C(=O)COC(=O)c1c(Cl)cccc1Cl. The average Bonchev–Trinajstić information content (AvgIpc) is 2.70. The van der Waals surface area contributed by atoms with Gasteiger partial charge in [0.25, 0.3) is 0 Å². The predicted molar refractivity (Wildman–Crippen MR) is 108 cm³/mol. The Hall–Kier alpha value is -3.10. The molecule has 0 unspecified atom stereocenters. The first-order valence-corrected chi connectivity index (χ1v) is 9.36. The third-order valence-corrected chi connectivity index (χ3v) is 4.41. The van der Waals surface area contributed by atoms with Gasteiger partial charge in [-0.25, -0.2) is 9.59 Å². The topological polar surface area (TPSA) is 119 Å². The monoisotopic (exact) mass is 453 g/mol. The van der Waals surface area contributed by atoms with E-state index in [1.807, 2.05) is 0 Å². The van der Waals surface area contributed by atoms with Gasteiger partial charge in [0, 0.05) is 0 Å². The van der Waals surface area contributed by atoms with Crippen molar-refractivity contribution in [3.8, 4) is 0 Å². The molecule has 0 aliphatic carbocycles. The van der Waals surface area contributed by atoms with Crippen LogP contribution in [-0.2, 0) is 25.7 Å². The van der Waals surface area contributed by atoms with E-state index in [9.17, 15) is 19.2 Å². The van der Waals surface area contributed by atoms with Crippen LogP contribution >= 0.6 is 23.2 Å². The second kappa shape index (κ2) is 11.2. The molecule has 10 heteroatoms. The molecule has 2 rings (SSSR count). The second-order valence-electron chi connectivity index (χ2n) is 6.00. The number of carbonyl (C=O) groups excluding carboxylic acids is 3. The largest absolute Gasteiger partial charge is 0.481 e. The van der Waals surface area contributed by atoms with Gasteiger partial charge in [-0.3, -0.25) is 9.59 Å². The number of amides is 1. The average molecular weight is 454 g/mol. The first kappa shape index (κ1) is 23.2. The van der Waals surface area contributed by atoms with E-state index in [-0.39, 0.29) is 22.2 Å². The number of halogens is 2. The van der Waals surface area contributed by atoms with Gasteiger partial charge in [0.05, 0.1) is 22.0 Å². The van der Waals surface area contributed by atoms with Gasteiger partial charge in [0.2, 0.25) is 0 Å². The molecular formula is C20H17Cl2NO7. The molecule has 30 heavy (non-hydrogen) atoms. The summed E-state index contributed by atoms with van der Waals surface area (Å²) in [6, 6.07) is 11.7. The van der Waals surface area contributed by atoms with Crippen molar-refractivity contribution in [3.05, 3.63) is 69.7 Å². The normalized spacial score (nSPS) is 11.3. The minimum absolute atomic E-state index is 0.0321. The molecule has 2 aromatic rings. The summed E-state index contributed by atoms with van der Waals surface area (Å²) in [5, 5.41) is 11.2. The highest BCUT2D eigenvalue weighted by Gasteiger charge is 2.26. The number of carboxylic acid groups (broad SMARTS) is 1. The second-order valence-corrected chi connectivity index (χ2v) is 6.81. The smallest absolute Gasteiger partial charge is 0.408 e. The van der Waals surface area contributed by atoms with E-state index in [4.69, 9.17) is 37.8 Å². The molecule has 158 valence electrons. The van der Waals surface area contributed by atoms with Gasteiger partial charge < -0.3 is 19.9 Å². The lowest BCUT2D eigenvalue weighted by atomic mass is 10.1. The van der Waals surface area contributed by atoms with Crippen molar-refractivity contribution in [2.75, 3.05) is 6.61 Å². The van der Waals surface area contributed by atoms with Crippen LogP contribution in [0.25, 0.3) is 0 Å². The minimum atomic E-state index is -1.46. The van der Waals surface area contributed by atoms with Gasteiger partial charge in [-0.2, -0.15) is 0 Å². The Balaban J connectivity index is 1.94. The Morgan fingerprint density at radius 2 is 1.57 bits per heavy atom. The number of ether oxygens (including phenoxy) is 2. The molecule has 0 fully saturated rings. The molecule has 0 saturated heterocycles. The number of esters is 1. The van der Waals surface area contributed by atoms with Crippen LogP contribution in [0.3, 0.4) is 0 Å². The first-order chi connectivity index (χ1) is 14.3. The van der Waals surface area contributed by atoms with Crippen molar-refractivity contribution < 1.29 is 33.8 Å². The first-order valence-electron chi connectivity index (χ1n) is 8.60. The molecule has 0 bridgehead atoms. The quantitative estimate of drug-likeness (QED) is 0.557. The van der Waals surface area contributed by atoms with Crippen LogP contribution in [-0.4, -0.2) is 41.6 Å². The van der Waals surface area contributed by atoms with Crippen LogP contribution in [0.15, 0.2) is 48.5 Å². The van der Waals surface area contributed by atoms with Crippen molar-refractivity contribution in [2.24, 2.45) is 0 Å². The third kappa shape index (κ3) is 7.06. The number of hydrogen-bond donors (Lipinski definition) is 2. The zero-order valence-electron chi connectivity index (χ0n) is 15.5. The van der Waals surface area contributed by atoms with Crippen LogP contribution in [0.1, 0.15) is 22.3 Å². The lowest BCUT2D eigenvalue weighted by Gasteiger charge is -2.16. The fraction of sp³-hybridized carbons (Fsp3) is 0.200. The van der Waals surface area contributed by atoms with Crippen molar-refractivity contribution in [3.63, 3.8) is 0 Å². The van der Waals surface area contributed by atoms with E-state index < -0.39 is 42.9 Å². The Labute approximate surface area is 181 Å². The molecule has 8 nitrogen and oxygen atoms in total. The fourth-order valence-corrected chi connectivity index (χ4v) is 2.88. The lowest BCUT2D eigenvalue weighted by Crippen LogP contribution is -2.44. The number of Topliss-reactive ketones (excluding diaryl/α,β-unsaturated/α-hetero) is 1. The number of hydrogen-bond acceptors (Lipinski definition) is 6. The number of benzene rings is 2. The summed E-state index contributed by atoms with van der Waals surface area (Å²) < 4.78 is 9.86. The maximum absolute atomic E-state index is 12.3. The number of carboxylic acids is 1. The van der Waals surface area contributed by atoms with Crippen molar-refractivity contribution in [2.45, 2.75) is 19.1 Å². The molecule has 0 aromatic heterocycles. The van der Waals surface area contributed by atoms with Crippen LogP contribution in [0.5, 0.6) is 0 Å². The molecule has 2 N–H and O–H groups in total. The van der Waals surface area contributed by atoms with E-state index >= 15 is 0 Å². The zero-order chi connectivity index (χ0) is 22.1. The summed E-state index contributed by atoms with van der Waals surface area (Å²) in [4.78, 5) is 47.4. The molecule has 1 atom stereocenters. The van der Waals surface area contributed by atoms with E-state index in [0.717, 1.165) is 0 Å². The summed E-state index contributed by atoms with van der Waals surface area (Å²) in [6.07, 6.45) is -1.71. The molecular weight excluding hydrogens is 437 g/mol. The number of rotatable bonds is 9. The maximum atomic E-state index is 12.3. The highest BCUT2D eigenvalue weighted by molar-refractivity contribution is 6.39.